The topological polar surface area (TPSA) is 59.0 Å². The van der Waals surface area contributed by atoms with Gasteiger partial charge in [0.15, 0.2) is 23.4 Å². The highest BCUT2D eigenvalue weighted by Gasteiger charge is 2.71. The zero-order valence-corrected chi connectivity index (χ0v) is 15.1. The van der Waals surface area contributed by atoms with Crippen LogP contribution < -0.4 is 9.47 Å². The van der Waals surface area contributed by atoms with Gasteiger partial charge in [-0.1, -0.05) is 15.9 Å². The third kappa shape index (κ3) is 1.39. The largest absolute Gasteiger partial charge is 0.493 e. The molecule has 2 bridgehead atoms. The number of ether oxygens (including phenoxy) is 2. The maximum atomic E-state index is 12.6. The molecule has 1 aromatic carbocycles. The van der Waals surface area contributed by atoms with Gasteiger partial charge in [0.05, 0.1) is 12.5 Å². The van der Waals surface area contributed by atoms with Gasteiger partial charge in [-0.25, -0.2) is 0 Å². The molecule has 1 unspecified atom stereocenters. The molecule has 2 heterocycles. The molecule has 4 atom stereocenters. The summed E-state index contributed by atoms with van der Waals surface area (Å²) in [6.45, 7) is 0.821. The summed E-state index contributed by atoms with van der Waals surface area (Å²) in [7, 11) is 3.63. The van der Waals surface area contributed by atoms with Crippen molar-refractivity contribution in [1.29, 1.82) is 0 Å². The smallest absolute Gasteiger partial charge is 0.196 e. The number of nitrogens with zero attached hydrogens (tertiary/aromatic N) is 1. The van der Waals surface area contributed by atoms with E-state index in [4.69, 9.17) is 9.47 Å². The molecular formula is C18H18BrNO4. The number of likely N-dealkylation sites (N-methyl/N-ethyl adjacent to an activating group) is 1. The Morgan fingerprint density at radius 3 is 3.04 bits per heavy atom. The first kappa shape index (κ1) is 14.9. The molecule has 1 saturated heterocycles. The van der Waals surface area contributed by atoms with E-state index in [9.17, 15) is 9.90 Å². The van der Waals surface area contributed by atoms with Crippen LogP contribution in [0.25, 0.3) is 0 Å². The predicted octanol–water partition coefficient (Wildman–Crippen LogP) is 1.59. The van der Waals surface area contributed by atoms with Gasteiger partial charge in [0.1, 0.15) is 5.60 Å². The lowest BCUT2D eigenvalue weighted by Gasteiger charge is -2.60. The van der Waals surface area contributed by atoms with Gasteiger partial charge >= 0.3 is 0 Å². The first-order valence-electron chi connectivity index (χ1n) is 8.16. The standard InChI is InChI=1S/C18H18BrNO4/c1-20-6-5-17-14-9-7-13(20)18(17,22)4-3-11(21)16(17)24-15(14)12(23-2)8-10(9)19/h3-4,8,13,16,22H,5-7H2,1-2H3/t13?,16-,17-,18+/m1/s1. The van der Waals surface area contributed by atoms with Crippen molar-refractivity contribution in [2.75, 3.05) is 20.7 Å². The minimum Gasteiger partial charge on any atom is -0.493 e. The fraction of sp³-hybridized carbons (Fsp3) is 0.500. The van der Waals surface area contributed by atoms with Crippen molar-refractivity contribution in [2.45, 2.75) is 36.0 Å². The fourth-order valence-corrected chi connectivity index (χ4v) is 5.88. The zero-order chi connectivity index (χ0) is 16.9. The molecule has 0 amide bonds. The normalized spacial score (nSPS) is 38.8. The predicted molar refractivity (Wildman–Crippen MR) is 90.6 cm³/mol. The highest BCUT2D eigenvalue weighted by atomic mass is 79.9. The summed E-state index contributed by atoms with van der Waals surface area (Å²) in [6.07, 6.45) is 3.91. The second-order valence-corrected chi connectivity index (χ2v) is 8.08. The number of aliphatic hydroxyl groups is 1. The summed E-state index contributed by atoms with van der Waals surface area (Å²) in [5.41, 5.74) is 0.249. The zero-order valence-electron chi connectivity index (χ0n) is 13.5. The molecule has 2 aliphatic heterocycles. The molecule has 0 aromatic heterocycles. The number of piperidine rings is 1. The summed E-state index contributed by atoms with van der Waals surface area (Å²) in [6, 6.07) is 1.82. The molecule has 5 nitrogen and oxygen atoms in total. The number of hydrogen-bond donors (Lipinski definition) is 1. The lowest BCUT2D eigenvalue weighted by molar-refractivity contribution is -0.151. The maximum absolute atomic E-state index is 12.6. The Hall–Kier alpha value is -1.37. The van der Waals surface area contributed by atoms with E-state index in [1.165, 1.54) is 6.08 Å². The van der Waals surface area contributed by atoms with Crippen molar-refractivity contribution in [1.82, 2.24) is 4.90 Å². The molecule has 24 heavy (non-hydrogen) atoms. The molecule has 126 valence electrons. The van der Waals surface area contributed by atoms with Gasteiger partial charge in [-0.15, -0.1) is 0 Å². The number of benzene rings is 1. The molecule has 0 radical (unpaired) electrons. The van der Waals surface area contributed by atoms with E-state index < -0.39 is 17.1 Å². The Labute approximate surface area is 148 Å². The van der Waals surface area contributed by atoms with Crippen LogP contribution in [0, 0.1) is 0 Å². The van der Waals surface area contributed by atoms with Crippen molar-refractivity contribution in [3.63, 3.8) is 0 Å². The Bertz CT molecular complexity index is 822. The molecule has 1 spiro atoms. The first-order valence-corrected chi connectivity index (χ1v) is 8.95. The van der Waals surface area contributed by atoms with E-state index in [2.05, 4.69) is 20.8 Å². The summed E-state index contributed by atoms with van der Waals surface area (Å²) in [5.74, 6) is 1.15. The average Bonchev–Trinajstić information content (AvgIpc) is 2.90. The van der Waals surface area contributed by atoms with Gasteiger partial charge in [0, 0.05) is 16.1 Å². The van der Waals surface area contributed by atoms with Crippen molar-refractivity contribution in [2.24, 2.45) is 0 Å². The molecule has 6 heteroatoms. The molecule has 5 rings (SSSR count). The number of methoxy groups -OCH3 is 1. The monoisotopic (exact) mass is 391 g/mol. The van der Waals surface area contributed by atoms with Gasteiger partial charge in [-0.3, -0.25) is 9.69 Å². The maximum Gasteiger partial charge on any atom is 0.196 e. The molecule has 2 aliphatic carbocycles. The van der Waals surface area contributed by atoms with Gasteiger partial charge in [0.2, 0.25) is 0 Å². The van der Waals surface area contributed by atoms with Crippen molar-refractivity contribution < 1.29 is 19.4 Å². The number of ketones is 1. The van der Waals surface area contributed by atoms with Gasteiger partial charge in [0.25, 0.3) is 0 Å². The first-order chi connectivity index (χ1) is 11.4. The van der Waals surface area contributed by atoms with E-state index >= 15 is 0 Å². The quantitative estimate of drug-likeness (QED) is 0.787. The minimum absolute atomic E-state index is 0.0785. The Morgan fingerprint density at radius 1 is 1.50 bits per heavy atom. The van der Waals surface area contributed by atoms with E-state index in [1.54, 1.807) is 13.2 Å². The second-order valence-electron chi connectivity index (χ2n) is 7.22. The number of hydrogen-bond acceptors (Lipinski definition) is 5. The van der Waals surface area contributed by atoms with Crippen LogP contribution in [0.2, 0.25) is 0 Å². The number of likely N-dealkylation sites (tertiary alicyclic amines) is 1. The Morgan fingerprint density at radius 2 is 2.29 bits per heavy atom. The lowest BCUT2D eigenvalue weighted by Crippen LogP contribution is -2.74. The van der Waals surface area contributed by atoms with Crippen molar-refractivity contribution in [3.05, 3.63) is 33.8 Å². The molecular weight excluding hydrogens is 374 g/mol. The summed E-state index contributed by atoms with van der Waals surface area (Å²) < 4.78 is 12.6. The van der Waals surface area contributed by atoms with E-state index in [0.717, 1.165) is 22.1 Å². The summed E-state index contributed by atoms with van der Waals surface area (Å²) in [5, 5.41) is 11.7. The van der Waals surface area contributed by atoms with Gasteiger partial charge in [-0.2, -0.15) is 0 Å². The van der Waals surface area contributed by atoms with Crippen molar-refractivity contribution >= 4 is 21.7 Å². The SMILES string of the molecule is COc1cc(Br)c2c3c1O[C@@H]1C(=O)C=C[C@]4(O)C(C2)N(C)CC[C@@]314. The van der Waals surface area contributed by atoms with Crippen LogP contribution in [-0.2, 0) is 16.6 Å². The van der Waals surface area contributed by atoms with Crippen LogP contribution in [0.4, 0.5) is 0 Å². The number of rotatable bonds is 1. The molecule has 4 aliphatic rings. The van der Waals surface area contributed by atoms with E-state index in [-0.39, 0.29) is 11.8 Å². The lowest BCUT2D eigenvalue weighted by atomic mass is 9.51. The van der Waals surface area contributed by atoms with Crippen molar-refractivity contribution in [3.8, 4) is 11.5 Å². The Kier molecular flexibility index (Phi) is 2.75. The summed E-state index contributed by atoms with van der Waals surface area (Å²) in [4.78, 5) is 14.8. The third-order valence-corrected chi connectivity index (χ3v) is 7.13. The van der Waals surface area contributed by atoms with Crippen LogP contribution in [0.1, 0.15) is 17.5 Å². The number of carbonyl (C=O) groups excluding carboxylic acids is 1. The van der Waals surface area contributed by atoms with Crippen LogP contribution in [0.5, 0.6) is 11.5 Å². The molecule has 0 saturated carbocycles. The molecule has 1 N–H and O–H groups in total. The average molecular weight is 392 g/mol. The van der Waals surface area contributed by atoms with Crippen LogP contribution in [0.15, 0.2) is 22.7 Å². The highest BCUT2D eigenvalue weighted by molar-refractivity contribution is 9.10. The van der Waals surface area contributed by atoms with E-state index in [1.807, 2.05) is 13.1 Å². The molecule has 1 aromatic rings. The molecule has 1 fully saturated rings. The summed E-state index contributed by atoms with van der Waals surface area (Å²) >= 11 is 3.66. The number of carbonyl (C=O) groups is 1. The minimum atomic E-state index is -1.11. The van der Waals surface area contributed by atoms with Crippen LogP contribution in [-0.4, -0.2) is 54.2 Å². The van der Waals surface area contributed by atoms with Crippen LogP contribution >= 0.6 is 15.9 Å². The second kappa shape index (κ2) is 4.42. The van der Waals surface area contributed by atoms with E-state index in [0.29, 0.717) is 24.3 Å². The highest BCUT2D eigenvalue weighted by Crippen LogP contribution is 2.64. The van der Waals surface area contributed by atoms with Gasteiger partial charge < -0.3 is 14.6 Å². The van der Waals surface area contributed by atoms with Gasteiger partial charge in [-0.05, 0) is 50.2 Å². The van der Waals surface area contributed by atoms with Crippen LogP contribution in [0.3, 0.4) is 0 Å². The Balaban J connectivity index is 1.91. The number of halogens is 1. The third-order valence-electron chi connectivity index (χ3n) is 6.42. The fourth-order valence-electron chi connectivity index (χ4n) is 5.31.